The fourth-order valence-electron chi connectivity index (χ4n) is 2.10. The summed E-state index contributed by atoms with van der Waals surface area (Å²) in [7, 11) is 0. The van der Waals surface area contributed by atoms with E-state index in [1.807, 2.05) is 13.0 Å². The molecule has 0 aliphatic rings. The molecule has 0 saturated heterocycles. The Labute approximate surface area is 124 Å². The zero-order valence-electron chi connectivity index (χ0n) is 12.4. The van der Waals surface area contributed by atoms with Crippen molar-refractivity contribution in [3.8, 4) is 0 Å². The van der Waals surface area contributed by atoms with E-state index in [4.69, 9.17) is 5.11 Å². The minimum Gasteiger partial charge on any atom is -0.481 e. The molecule has 4 nitrogen and oxygen atoms in total. The smallest absolute Gasteiger partial charge is 0.305 e. The van der Waals surface area contributed by atoms with E-state index in [-0.39, 0.29) is 18.9 Å². The number of hydrogen-bond acceptors (Lipinski definition) is 3. The van der Waals surface area contributed by atoms with Crippen LogP contribution < -0.4 is 0 Å². The number of hydrogen-bond donors (Lipinski definition) is 1. The van der Waals surface area contributed by atoms with Gasteiger partial charge in [0.25, 0.3) is 5.91 Å². The second-order valence-electron chi connectivity index (χ2n) is 4.69. The third kappa shape index (κ3) is 4.34. The number of amides is 1. The number of aliphatic carboxylic acids is 1. The van der Waals surface area contributed by atoms with Crippen LogP contribution in [0.2, 0.25) is 0 Å². The van der Waals surface area contributed by atoms with Crippen LogP contribution >= 0.6 is 11.3 Å². The summed E-state index contributed by atoms with van der Waals surface area (Å²) in [6, 6.07) is 1.97. The van der Waals surface area contributed by atoms with Crippen molar-refractivity contribution in [1.29, 1.82) is 0 Å². The molecule has 0 aliphatic heterocycles. The van der Waals surface area contributed by atoms with Gasteiger partial charge in [0.05, 0.1) is 11.3 Å². The van der Waals surface area contributed by atoms with Gasteiger partial charge in [0.2, 0.25) is 0 Å². The molecule has 0 radical (unpaired) electrons. The number of carboxylic acid groups (broad SMARTS) is 1. The number of nitrogens with zero attached hydrogens (tertiary/aromatic N) is 1. The summed E-state index contributed by atoms with van der Waals surface area (Å²) >= 11 is 1.56. The van der Waals surface area contributed by atoms with Gasteiger partial charge in [0.1, 0.15) is 0 Å². The number of carbonyl (C=O) groups excluding carboxylic acids is 1. The molecule has 0 bridgehead atoms. The third-order valence-electron chi connectivity index (χ3n) is 3.23. The first-order chi connectivity index (χ1) is 9.53. The Balaban J connectivity index is 2.86. The largest absolute Gasteiger partial charge is 0.481 e. The minimum absolute atomic E-state index is 0.00654. The molecule has 1 rings (SSSR count). The molecule has 20 heavy (non-hydrogen) atoms. The van der Waals surface area contributed by atoms with Crippen LogP contribution in [0.25, 0.3) is 0 Å². The highest BCUT2D eigenvalue weighted by atomic mass is 32.1. The van der Waals surface area contributed by atoms with Gasteiger partial charge < -0.3 is 10.0 Å². The van der Waals surface area contributed by atoms with Gasteiger partial charge in [0, 0.05) is 18.0 Å². The van der Waals surface area contributed by atoms with Crippen molar-refractivity contribution < 1.29 is 14.7 Å². The fraction of sp³-hybridized carbons (Fsp3) is 0.600. The zero-order valence-corrected chi connectivity index (χ0v) is 13.3. The Bertz CT molecular complexity index is 468. The van der Waals surface area contributed by atoms with Gasteiger partial charge in [-0.2, -0.15) is 0 Å². The lowest BCUT2D eigenvalue weighted by atomic mass is 10.1. The van der Waals surface area contributed by atoms with E-state index in [1.165, 1.54) is 10.4 Å². The van der Waals surface area contributed by atoms with E-state index in [0.29, 0.717) is 6.54 Å². The summed E-state index contributed by atoms with van der Waals surface area (Å²) in [6.07, 6.45) is 2.99. The van der Waals surface area contributed by atoms with Gasteiger partial charge in [-0.15, -0.1) is 11.3 Å². The standard InChI is InChI=1S/C15H23NO3S/c1-4-7-12-11(5-2)10-13(20-12)15(19)16(6-3)9-8-14(17)18/h10H,4-9H2,1-3H3,(H,17,18). The maximum Gasteiger partial charge on any atom is 0.305 e. The average Bonchev–Trinajstić information content (AvgIpc) is 2.82. The topological polar surface area (TPSA) is 57.6 Å². The Morgan fingerprint density at radius 3 is 2.50 bits per heavy atom. The van der Waals surface area contributed by atoms with Crippen molar-refractivity contribution in [2.45, 2.75) is 46.5 Å². The average molecular weight is 297 g/mol. The van der Waals surface area contributed by atoms with E-state index >= 15 is 0 Å². The number of aryl methyl sites for hydroxylation is 2. The van der Waals surface area contributed by atoms with E-state index in [1.54, 1.807) is 16.2 Å². The Morgan fingerprint density at radius 1 is 1.30 bits per heavy atom. The second-order valence-corrected chi connectivity index (χ2v) is 5.83. The van der Waals surface area contributed by atoms with Gasteiger partial charge in [-0.25, -0.2) is 0 Å². The van der Waals surface area contributed by atoms with E-state index in [0.717, 1.165) is 24.1 Å². The summed E-state index contributed by atoms with van der Waals surface area (Å²) in [4.78, 5) is 26.7. The highest BCUT2D eigenvalue weighted by Crippen LogP contribution is 2.25. The summed E-state index contributed by atoms with van der Waals surface area (Å²) in [5.74, 6) is -0.917. The summed E-state index contributed by atoms with van der Waals surface area (Å²) in [5.41, 5.74) is 1.24. The van der Waals surface area contributed by atoms with E-state index < -0.39 is 5.97 Å². The van der Waals surface area contributed by atoms with Crippen LogP contribution in [-0.2, 0) is 17.6 Å². The molecule has 0 fully saturated rings. The quantitative estimate of drug-likeness (QED) is 0.801. The molecule has 1 aromatic heterocycles. The molecule has 0 atom stereocenters. The maximum absolute atomic E-state index is 12.4. The molecule has 1 N–H and O–H groups in total. The third-order valence-corrected chi connectivity index (χ3v) is 4.46. The van der Waals surface area contributed by atoms with Crippen molar-refractivity contribution in [1.82, 2.24) is 4.90 Å². The molecule has 0 aliphatic carbocycles. The first-order valence-corrected chi connectivity index (χ1v) is 7.97. The molecular formula is C15H23NO3S. The van der Waals surface area contributed by atoms with Gasteiger partial charge >= 0.3 is 5.97 Å². The van der Waals surface area contributed by atoms with Crippen LogP contribution in [0.5, 0.6) is 0 Å². The molecule has 1 aromatic rings. The number of carboxylic acids is 1. The van der Waals surface area contributed by atoms with Crippen molar-refractivity contribution in [2.75, 3.05) is 13.1 Å². The van der Waals surface area contributed by atoms with Crippen LogP contribution in [0.15, 0.2) is 6.07 Å². The van der Waals surface area contributed by atoms with Crippen LogP contribution in [0, 0.1) is 0 Å². The lowest BCUT2D eigenvalue weighted by Gasteiger charge is -2.18. The second kappa shape index (κ2) is 8.04. The first kappa shape index (κ1) is 16.7. The molecule has 1 heterocycles. The van der Waals surface area contributed by atoms with Gasteiger partial charge in [-0.1, -0.05) is 20.3 Å². The summed E-state index contributed by atoms with van der Waals surface area (Å²) in [6.45, 7) is 6.91. The molecule has 0 unspecified atom stereocenters. The van der Waals surface area contributed by atoms with E-state index in [9.17, 15) is 9.59 Å². The molecule has 1 amide bonds. The molecule has 112 valence electrons. The highest BCUT2D eigenvalue weighted by molar-refractivity contribution is 7.14. The van der Waals surface area contributed by atoms with Crippen molar-refractivity contribution in [3.63, 3.8) is 0 Å². The fourth-order valence-corrected chi connectivity index (χ4v) is 3.42. The highest BCUT2D eigenvalue weighted by Gasteiger charge is 2.19. The minimum atomic E-state index is -0.872. The van der Waals surface area contributed by atoms with Crippen LogP contribution in [0.3, 0.4) is 0 Å². The first-order valence-electron chi connectivity index (χ1n) is 7.16. The monoisotopic (exact) mass is 297 g/mol. The van der Waals surface area contributed by atoms with Gasteiger partial charge in [-0.05, 0) is 31.4 Å². The SMILES string of the molecule is CCCc1sc(C(=O)N(CC)CCC(=O)O)cc1CC. The Morgan fingerprint density at radius 2 is 2.00 bits per heavy atom. The number of carbonyl (C=O) groups is 2. The summed E-state index contributed by atoms with van der Waals surface area (Å²) in [5, 5.41) is 8.73. The van der Waals surface area contributed by atoms with Crippen LogP contribution in [0.1, 0.15) is 53.7 Å². The predicted molar refractivity (Wildman–Crippen MR) is 81.5 cm³/mol. The van der Waals surface area contributed by atoms with Crippen molar-refractivity contribution in [3.05, 3.63) is 21.4 Å². The van der Waals surface area contributed by atoms with Crippen LogP contribution in [0.4, 0.5) is 0 Å². The molecule has 0 saturated carbocycles. The van der Waals surface area contributed by atoms with Gasteiger partial charge in [0.15, 0.2) is 0 Å². The van der Waals surface area contributed by atoms with Crippen molar-refractivity contribution >= 4 is 23.2 Å². The Kier molecular flexibility index (Phi) is 6.71. The molecule has 5 heteroatoms. The molecular weight excluding hydrogens is 274 g/mol. The lowest BCUT2D eigenvalue weighted by molar-refractivity contribution is -0.137. The van der Waals surface area contributed by atoms with Crippen molar-refractivity contribution in [2.24, 2.45) is 0 Å². The normalized spacial score (nSPS) is 10.6. The number of thiophene rings is 1. The molecule has 0 aromatic carbocycles. The zero-order chi connectivity index (χ0) is 15.1. The van der Waals surface area contributed by atoms with Gasteiger partial charge in [-0.3, -0.25) is 9.59 Å². The Hall–Kier alpha value is -1.36. The van der Waals surface area contributed by atoms with E-state index in [2.05, 4.69) is 13.8 Å². The lowest BCUT2D eigenvalue weighted by Crippen LogP contribution is -2.32. The molecule has 0 spiro atoms. The summed E-state index contributed by atoms with van der Waals surface area (Å²) < 4.78 is 0. The maximum atomic E-state index is 12.4. The predicted octanol–water partition coefficient (Wildman–Crippen LogP) is 3.20. The van der Waals surface area contributed by atoms with Crippen LogP contribution in [-0.4, -0.2) is 35.0 Å². The number of rotatable bonds is 8.